The Hall–Kier alpha value is -1.92. The molecule has 0 unspecified atom stereocenters. The van der Waals surface area contributed by atoms with Crippen molar-refractivity contribution in [1.82, 2.24) is 4.90 Å². The molecule has 132 valence electrons. The summed E-state index contributed by atoms with van der Waals surface area (Å²) in [6.07, 6.45) is 2.25. The van der Waals surface area contributed by atoms with Crippen LogP contribution in [0.5, 0.6) is 0 Å². The van der Waals surface area contributed by atoms with Crippen LogP contribution in [0.2, 0.25) is 0 Å². The van der Waals surface area contributed by atoms with E-state index < -0.39 is 23.1 Å². The van der Waals surface area contributed by atoms with Crippen LogP contribution in [0, 0.1) is 11.6 Å². The molecule has 2 aromatic rings. The van der Waals surface area contributed by atoms with Crippen LogP contribution in [0.4, 0.5) is 14.5 Å². The zero-order valence-corrected chi connectivity index (χ0v) is 14.8. The molecular formula is C19H20F2N2OS. The monoisotopic (exact) mass is 362 g/mol. The van der Waals surface area contributed by atoms with Crippen molar-refractivity contribution in [2.75, 3.05) is 25.5 Å². The molecule has 0 bridgehead atoms. The Morgan fingerprint density at radius 2 is 1.76 bits per heavy atom. The second kappa shape index (κ2) is 7.97. The highest BCUT2D eigenvalue weighted by Gasteiger charge is 2.19. The maximum Gasteiger partial charge on any atom is 0.261 e. The van der Waals surface area contributed by atoms with Crippen LogP contribution in [0.1, 0.15) is 23.2 Å². The summed E-state index contributed by atoms with van der Waals surface area (Å²) in [5.41, 5.74) is -0.0264. The van der Waals surface area contributed by atoms with E-state index in [4.69, 9.17) is 0 Å². The normalized spacial score (nSPS) is 16.0. The van der Waals surface area contributed by atoms with E-state index in [1.807, 2.05) is 18.2 Å². The average Bonchev–Trinajstić information content (AvgIpc) is 2.57. The number of nitrogens with zero attached hydrogens (tertiary/aromatic N) is 1. The minimum Gasteiger partial charge on any atom is -0.322 e. The SMILES string of the molecule is CN1CCC(Sc2cccc(NC(=O)c3c(F)cccc3F)c2)CC1. The first-order valence-corrected chi connectivity index (χ1v) is 9.11. The van der Waals surface area contributed by atoms with Crippen LogP contribution in [-0.4, -0.2) is 36.2 Å². The summed E-state index contributed by atoms with van der Waals surface area (Å²) in [4.78, 5) is 15.5. The highest BCUT2D eigenvalue weighted by molar-refractivity contribution is 8.00. The van der Waals surface area contributed by atoms with E-state index in [2.05, 4.69) is 17.3 Å². The smallest absolute Gasteiger partial charge is 0.261 e. The molecule has 1 saturated heterocycles. The standard InChI is InChI=1S/C19H20F2N2OS/c1-23-10-8-14(9-11-23)25-15-5-2-4-13(12-15)22-19(24)18-16(20)6-3-7-17(18)21/h2-7,12,14H,8-11H2,1H3,(H,22,24). The number of carbonyl (C=O) groups excluding carboxylic acids is 1. The summed E-state index contributed by atoms with van der Waals surface area (Å²) in [6.45, 7) is 2.17. The first-order chi connectivity index (χ1) is 12.0. The van der Waals surface area contributed by atoms with Gasteiger partial charge in [-0.3, -0.25) is 4.79 Å². The molecule has 0 atom stereocenters. The molecule has 1 aliphatic rings. The van der Waals surface area contributed by atoms with Crippen molar-refractivity contribution < 1.29 is 13.6 Å². The quantitative estimate of drug-likeness (QED) is 0.875. The van der Waals surface area contributed by atoms with Crippen molar-refractivity contribution in [3.05, 3.63) is 59.7 Å². The number of hydrogen-bond acceptors (Lipinski definition) is 3. The highest BCUT2D eigenvalue weighted by Crippen LogP contribution is 2.31. The lowest BCUT2D eigenvalue weighted by atomic mass is 10.1. The summed E-state index contributed by atoms with van der Waals surface area (Å²) >= 11 is 1.78. The molecule has 0 saturated carbocycles. The topological polar surface area (TPSA) is 32.3 Å². The van der Waals surface area contributed by atoms with Gasteiger partial charge in [0, 0.05) is 15.8 Å². The molecule has 3 nitrogen and oxygen atoms in total. The van der Waals surface area contributed by atoms with Gasteiger partial charge >= 0.3 is 0 Å². The van der Waals surface area contributed by atoms with E-state index in [-0.39, 0.29) is 0 Å². The van der Waals surface area contributed by atoms with Gasteiger partial charge in [0.25, 0.3) is 5.91 Å². The van der Waals surface area contributed by atoms with Gasteiger partial charge < -0.3 is 10.2 Å². The molecule has 1 amide bonds. The molecule has 1 fully saturated rings. The Morgan fingerprint density at radius 1 is 1.12 bits per heavy atom. The van der Waals surface area contributed by atoms with Gasteiger partial charge in [-0.25, -0.2) is 8.78 Å². The molecule has 3 rings (SSSR count). The van der Waals surface area contributed by atoms with E-state index in [9.17, 15) is 13.6 Å². The van der Waals surface area contributed by atoms with Crippen molar-refractivity contribution in [3.8, 4) is 0 Å². The molecular weight excluding hydrogens is 342 g/mol. The number of amides is 1. The summed E-state index contributed by atoms with van der Waals surface area (Å²) in [5, 5.41) is 3.13. The molecule has 0 aliphatic carbocycles. The third kappa shape index (κ3) is 4.58. The van der Waals surface area contributed by atoms with E-state index >= 15 is 0 Å². The maximum absolute atomic E-state index is 13.7. The van der Waals surface area contributed by atoms with Gasteiger partial charge in [0.05, 0.1) is 0 Å². The predicted molar refractivity (Wildman–Crippen MR) is 97.1 cm³/mol. The number of carbonyl (C=O) groups is 1. The van der Waals surface area contributed by atoms with Crippen LogP contribution >= 0.6 is 11.8 Å². The van der Waals surface area contributed by atoms with Crippen LogP contribution in [-0.2, 0) is 0 Å². The Balaban J connectivity index is 1.68. The Kier molecular flexibility index (Phi) is 5.71. The molecule has 1 aliphatic heterocycles. The molecule has 0 aromatic heterocycles. The van der Waals surface area contributed by atoms with Gasteiger partial charge in [-0.15, -0.1) is 11.8 Å². The minimum absolute atomic E-state index is 0.533. The van der Waals surface area contributed by atoms with Crippen LogP contribution in [0.25, 0.3) is 0 Å². The molecule has 1 N–H and O–H groups in total. The lowest BCUT2D eigenvalue weighted by molar-refractivity contribution is 0.101. The molecule has 2 aromatic carbocycles. The second-order valence-corrected chi connectivity index (χ2v) is 7.57. The number of nitrogens with one attached hydrogen (secondary N) is 1. The van der Waals surface area contributed by atoms with Gasteiger partial charge in [0.2, 0.25) is 0 Å². The Morgan fingerprint density at radius 3 is 2.44 bits per heavy atom. The van der Waals surface area contributed by atoms with Gasteiger partial charge in [0.1, 0.15) is 17.2 Å². The van der Waals surface area contributed by atoms with E-state index in [0.717, 1.165) is 43.0 Å². The van der Waals surface area contributed by atoms with E-state index in [0.29, 0.717) is 10.9 Å². The third-order valence-electron chi connectivity index (χ3n) is 4.25. The van der Waals surface area contributed by atoms with E-state index in [1.165, 1.54) is 6.07 Å². The Labute approximate surface area is 150 Å². The van der Waals surface area contributed by atoms with Gasteiger partial charge in [-0.1, -0.05) is 12.1 Å². The van der Waals surface area contributed by atoms with Crippen LogP contribution < -0.4 is 5.32 Å². The summed E-state index contributed by atoms with van der Waals surface area (Å²) in [5.74, 6) is -2.51. The number of anilines is 1. The third-order valence-corrected chi connectivity index (χ3v) is 5.58. The molecule has 6 heteroatoms. The lowest BCUT2D eigenvalue weighted by Crippen LogP contribution is -2.31. The zero-order chi connectivity index (χ0) is 17.8. The lowest BCUT2D eigenvalue weighted by Gasteiger charge is -2.28. The van der Waals surface area contributed by atoms with Crippen LogP contribution in [0.15, 0.2) is 47.4 Å². The minimum atomic E-state index is -0.866. The number of rotatable bonds is 4. The Bertz CT molecular complexity index is 741. The molecule has 0 spiro atoms. The van der Waals surface area contributed by atoms with E-state index in [1.54, 1.807) is 17.8 Å². The van der Waals surface area contributed by atoms with Crippen molar-refractivity contribution in [1.29, 1.82) is 0 Å². The number of benzene rings is 2. The van der Waals surface area contributed by atoms with Crippen molar-refractivity contribution in [3.63, 3.8) is 0 Å². The van der Waals surface area contributed by atoms with Gasteiger partial charge in [-0.05, 0) is 63.3 Å². The van der Waals surface area contributed by atoms with Crippen LogP contribution in [0.3, 0.4) is 0 Å². The number of piperidine rings is 1. The molecule has 25 heavy (non-hydrogen) atoms. The molecule has 1 heterocycles. The van der Waals surface area contributed by atoms with Gasteiger partial charge in [-0.2, -0.15) is 0 Å². The fourth-order valence-corrected chi connectivity index (χ4v) is 4.03. The van der Waals surface area contributed by atoms with Crippen molar-refractivity contribution >= 4 is 23.4 Å². The summed E-state index contributed by atoms with van der Waals surface area (Å²) in [6, 6.07) is 10.8. The average molecular weight is 362 g/mol. The number of thioether (sulfide) groups is 1. The first-order valence-electron chi connectivity index (χ1n) is 8.23. The number of hydrogen-bond donors (Lipinski definition) is 1. The first kappa shape index (κ1) is 17.9. The molecule has 0 radical (unpaired) electrons. The fourth-order valence-electron chi connectivity index (χ4n) is 2.85. The zero-order valence-electron chi connectivity index (χ0n) is 14.0. The van der Waals surface area contributed by atoms with Crippen molar-refractivity contribution in [2.45, 2.75) is 23.0 Å². The fraction of sp³-hybridized carbons (Fsp3) is 0.316. The van der Waals surface area contributed by atoms with Crippen molar-refractivity contribution in [2.24, 2.45) is 0 Å². The number of halogens is 2. The summed E-state index contributed by atoms with van der Waals surface area (Å²) in [7, 11) is 2.12. The second-order valence-electron chi connectivity index (χ2n) is 6.20. The predicted octanol–water partition coefficient (Wildman–Crippen LogP) is 4.40. The summed E-state index contributed by atoms with van der Waals surface area (Å²) < 4.78 is 27.4. The largest absolute Gasteiger partial charge is 0.322 e. The van der Waals surface area contributed by atoms with Gasteiger partial charge in [0.15, 0.2) is 0 Å². The number of likely N-dealkylation sites (tertiary alicyclic amines) is 1. The highest BCUT2D eigenvalue weighted by atomic mass is 32.2. The maximum atomic E-state index is 13.7.